The molecule has 0 spiro atoms. The maximum Gasteiger partial charge on any atom is 0.306 e. The van der Waals surface area contributed by atoms with Gasteiger partial charge in [0.25, 0.3) is 0 Å². The number of hydrogen-bond acceptors (Lipinski definition) is 9. The number of carbonyl (C=O) groups excluding carboxylic acids is 1. The molecule has 1 aliphatic rings. The second-order valence-corrected chi connectivity index (χ2v) is 18.0. The molecule has 1 aliphatic heterocycles. The monoisotopic (exact) mass is 855 g/mol. The first kappa shape index (κ1) is 56.9. The first-order valence-electron chi connectivity index (χ1n) is 25.8. The van der Waals surface area contributed by atoms with E-state index < -0.39 is 43.4 Å². The van der Waals surface area contributed by atoms with Crippen LogP contribution in [0.15, 0.2) is 12.2 Å². The number of ether oxygens (including phenoxy) is 4. The Kier molecular flexibility index (Phi) is 41.0. The third-order valence-corrected chi connectivity index (χ3v) is 12.2. The standard InChI is InChI=1S/C51H98O9/c1-3-5-7-9-11-13-15-17-19-20-21-22-23-24-25-26-28-30-32-34-36-38-40-47(53)59-45(44-58-51-50(56)49(55)48(54)46(42-52)60-51)43-57-41-39-37-35-33-31-29-27-18-16-14-12-10-8-6-4-2/h16,18,45-46,48-52,54-56H,3-15,17,19-44H2,1-2H3/b18-16-. The Hall–Kier alpha value is -1.07. The molecular weight excluding hydrogens is 757 g/mol. The van der Waals surface area contributed by atoms with Gasteiger partial charge in [-0.3, -0.25) is 4.79 Å². The van der Waals surface area contributed by atoms with E-state index in [1.807, 2.05) is 0 Å². The fourth-order valence-corrected chi connectivity index (χ4v) is 8.14. The van der Waals surface area contributed by atoms with Crippen LogP contribution >= 0.6 is 0 Å². The van der Waals surface area contributed by atoms with Crippen molar-refractivity contribution in [1.29, 1.82) is 0 Å². The Balaban J connectivity index is 2.17. The van der Waals surface area contributed by atoms with Crippen LogP contribution < -0.4 is 0 Å². The van der Waals surface area contributed by atoms with E-state index in [9.17, 15) is 25.2 Å². The topological polar surface area (TPSA) is 135 Å². The second kappa shape index (κ2) is 43.2. The lowest BCUT2D eigenvalue weighted by Gasteiger charge is -2.39. The predicted octanol–water partition coefficient (Wildman–Crippen LogP) is 12.4. The minimum atomic E-state index is -1.53. The van der Waals surface area contributed by atoms with Gasteiger partial charge in [0.2, 0.25) is 0 Å². The molecule has 6 unspecified atom stereocenters. The quantitative estimate of drug-likeness (QED) is 0.0268. The molecule has 0 aliphatic carbocycles. The average molecular weight is 855 g/mol. The molecule has 9 heteroatoms. The van der Waals surface area contributed by atoms with Crippen molar-refractivity contribution in [1.82, 2.24) is 0 Å². The molecule has 0 aromatic heterocycles. The molecule has 9 nitrogen and oxygen atoms in total. The molecule has 0 aromatic carbocycles. The minimum Gasteiger partial charge on any atom is -0.457 e. The van der Waals surface area contributed by atoms with Crippen LogP contribution in [0.2, 0.25) is 0 Å². The Morgan fingerprint density at radius 3 is 1.35 bits per heavy atom. The van der Waals surface area contributed by atoms with E-state index in [4.69, 9.17) is 18.9 Å². The van der Waals surface area contributed by atoms with Crippen LogP contribution in [0.5, 0.6) is 0 Å². The lowest BCUT2D eigenvalue weighted by atomic mass is 9.99. The van der Waals surface area contributed by atoms with E-state index in [0.29, 0.717) is 13.0 Å². The van der Waals surface area contributed by atoms with Gasteiger partial charge in [0.1, 0.15) is 30.5 Å². The summed E-state index contributed by atoms with van der Waals surface area (Å²) in [6, 6.07) is 0. The summed E-state index contributed by atoms with van der Waals surface area (Å²) in [5.74, 6) is -0.309. The number of carbonyl (C=O) groups is 1. The second-order valence-electron chi connectivity index (χ2n) is 18.0. The molecule has 0 amide bonds. The number of aliphatic hydroxyl groups excluding tert-OH is 4. The molecule has 0 aromatic rings. The zero-order chi connectivity index (χ0) is 43.6. The van der Waals surface area contributed by atoms with Crippen molar-refractivity contribution in [2.24, 2.45) is 0 Å². The van der Waals surface area contributed by atoms with Gasteiger partial charge in [-0.15, -0.1) is 0 Å². The van der Waals surface area contributed by atoms with Crippen LogP contribution in [0, 0.1) is 0 Å². The number of aliphatic hydroxyl groups is 4. The van der Waals surface area contributed by atoms with Crippen molar-refractivity contribution < 1.29 is 44.2 Å². The molecule has 4 N–H and O–H groups in total. The highest BCUT2D eigenvalue weighted by Crippen LogP contribution is 2.23. The van der Waals surface area contributed by atoms with Crippen LogP contribution in [-0.2, 0) is 23.7 Å². The molecule has 1 rings (SSSR count). The van der Waals surface area contributed by atoms with Gasteiger partial charge in [0, 0.05) is 13.0 Å². The number of hydrogen-bond donors (Lipinski definition) is 4. The minimum absolute atomic E-state index is 0.110. The number of unbranched alkanes of at least 4 members (excludes halogenated alkanes) is 32. The molecular formula is C51H98O9. The van der Waals surface area contributed by atoms with Crippen LogP contribution in [0.25, 0.3) is 0 Å². The van der Waals surface area contributed by atoms with Gasteiger partial charge in [-0.05, 0) is 38.5 Å². The fourth-order valence-electron chi connectivity index (χ4n) is 8.14. The van der Waals surface area contributed by atoms with E-state index in [1.54, 1.807) is 0 Å². The van der Waals surface area contributed by atoms with Crippen molar-refractivity contribution in [3.63, 3.8) is 0 Å². The Bertz CT molecular complexity index is 930. The molecule has 1 saturated heterocycles. The highest BCUT2D eigenvalue weighted by Gasteiger charge is 2.44. The van der Waals surface area contributed by atoms with Gasteiger partial charge >= 0.3 is 5.97 Å². The summed E-state index contributed by atoms with van der Waals surface area (Å²) in [5, 5.41) is 40.2. The molecule has 0 radical (unpaired) electrons. The summed E-state index contributed by atoms with van der Waals surface area (Å²) < 4.78 is 22.9. The first-order valence-corrected chi connectivity index (χ1v) is 25.8. The molecule has 356 valence electrons. The van der Waals surface area contributed by atoms with Gasteiger partial charge in [-0.1, -0.05) is 212 Å². The van der Waals surface area contributed by atoms with Gasteiger partial charge in [-0.25, -0.2) is 0 Å². The third kappa shape index (κ3) is 33.5. The van der Waals surface area contributed by atoms with Crippen molar-refractivity contribution in [2.45, 2.75) is 282 Å². The van der Waals surface area contributed by atoms with Crippen molar-refractivity contribution in [2.75, 3.05) is 26.4 Å². The number of rotatable bonds is 45. The summed E-state index contributed by atoms with van der Waals surface area (Å²) in [5.41, 5.74) is 0. The van der Waals surface area contributed by atoms with E-state index in [2.05, 4.69) is 26.0 Å². The SMILES string of the molecule is CCCCCCC/C=C\CCCCCCCCOCC(COC1OC(CO)C(O)C(O)C1O)OC(=O)CCCCCCCCCCCCCCCCCCCCCCCC. The maximum absolute atomic E-state index is 12.8. The molecule has 1 fully saturated rings. The zero-order valence-electron chi connectivity index (χ0n) is 39.2. The van der Waals surface area contributed by atoms with Crippen LogP contribution in [0.3, 0.4) is 0 Å². The van der Waals surface area contributed by atoms with Gasteiger partial charge in [0.15, 0.2) is 6.29 Å². The van der Waals surface area contributed by atoms with Crippen molar-refractivity contribution in [3.05, 3.63) is 12.2 Å². The largest absolute Gasteiger partial charge is 0.457 e. The smallest absolute Gasteiger partial charge is 0.306 e. The van der Waals surface area contributed by atoms with Crippen molar-refractivity contribution in [3.8, 4) is 0 Å². The summed E-state index contributed by atoms with van der Waals surface area (Å²) in [6.07, 6.45) is 42.5. The summed E-state index contributed by atoms with van der Waals surface area (Å²) in [6.45, 7) is 4.59. The van der Waals surface area contributed by atoms with Gasteiger partial charge in [-0.2, -0.15) is 0 Å². The first-order chi connectivity index (χ1) is 29.4. The number of esters is 1. The molecule has 1 heterocycles. The number of allylic oxidation sites excluding steroid dienone is 2. The van der Waals surface area contributed by atoms with Gasteiger partial charge < -0.3 is 39.4 Å². The summed E-state index contributed by atoms with van der Waals surface area (Å²) >= 11 is 0. The van der Waals surface area contributed by atoms with E-state index in [0.717, 1.165) is 32.1 Å². The van der Waals surface area contributed by atoms with E-state index in [1.165, 1.54) is 193 Å². The van der Waals surface area contributed by atoms with Crippen LogP contribution in [0.1, 0.15) is 245 Å². The fraction of sp³-hybridized carbons (Fsp3) is 0.941. The van der Waals surface area contributed by atoms with E-state index >= 15 is 0 Å². The van der Waals surface area contributed by atoms with Crippen LogP contribution in [0.4, 0.5) is 0 Å². The summed E-state index contributed by atoms with van der Waals surface area (Å²) in [7, 11) is 0. The van der Waals surface area contributed by atoms with E-state index in [-0.39, 0.29) is 19.2 Å². The van der Waals surface area contributed by atoms with Crippen molar-refractivity contribution >= 4 is 5.97 Å². The van der Waals surface area contributed by atoms with Gasteiger partial charge in [0.05, 0.1) is 19.8 Å². The maximum atomic E-state index is 12.8. The third-order valence-electron chi connectivity index (χ3n) is 12.2. The summed E-state index contributed by atoms with van der Waals surface area (Å²) in [4.78, 5) is 12.8. The molecule has 6 atom stereocenters. The van der Waals surface area contributed by atoms with Crippen LogP contribution in [-0.4, -0.2) is 89.6 Å². The molecule has 60 heavy (non-hydrogen) atoms. The molecule has 0 saturated carbocycles. The average Bonchev–Trinajstić information content (AvgIpc) is 3.25. The Morgan fingerprint density at radius 2 is 0.917 bits per heavy atom. The molecule has 0 bridgehead atoms. The Labute approximate surface area is 369 Å². The normalized spacial score (nSPS) is 20.0. The zero-order valence-corrected chi connectivity index (χ0v) is 39.2. The highest BCUT2D eigenvalue weighted by molar-refractivity contribution is 5.69. The predicted molar refractivity (Wildman–Crippen MR) is 247 cm³/mol. The highest BCUT2D eigenvalue weighted by atomic mass is 16.7. The lowest BCUT2D eigenvalue weighted by molar-refractivity contribution is -0.305. The Morgan fingerprint density at radius 1 is 0.517 bits per heavy atom. The lowest BCUT2D eigenvalue weighted by Crippen LogP contribution is -2.59.